The summed E-state index contributed by atoms with van der Waals surface area (Å²) in [5.41, 5.74) is 0. The molecule has 0 bridgehead atoms. The number of H-pyrrole nitrogens is 1. The van der Waals surface area contributed by atoms with Gasteiger partial charge in [-0.15, -0.1) is 0 Å². The first kappa shape index (κ1) is 12.5. The lowest BCUT2D eigenvalue weighted by Crippen LogP contribution is -2.24. The second kappa shape index (κ2) is 6.84. The second-order valence-corrected chi connectivity index (χ2v) is 3.59. The van der Waals surface area contributed by atoms with Gasteiger partial charge in [0.15, 0.2) is 0 Å². The smallest absolute Gasteiger partial charge is 0.404 e. The molecule has 1 rings (SSSR count). The van der Waals surface area contributed by atoms with Gasteiger partial charge in [0.2, 0.25) is 0 Å². The van der Waals surface area contributed by atoms with Crippen molar-refractivity contribution >= 4 is 6.09 Å². The van der Waals surface area contributed by atoms with Crippen LogP contribution in [0.4, 0.5) is 4.79 Å². The maximum atomic E-state index is 10.2. The molecule has 0 aliphatic rings. The maximum Gasteiger partial charge on any atom is 0.404 e. The molecule has 0 saturated heterocycles. The third-order valence-electron chi connectivity index (χ3n) is 2.26. The number of hydrogen-bond donors (Lipinski definition) is 4. The van der Waals surface area contributed by atoms with Crippen LogP contribution in [0.15, 0.2) is 12.4 Å². The molecule has 1 amide bonds. The quantitative estimate of drug-likeness (QED) is 0.524. The van der Waals surface area contributed by atoms with Crippen LogP contribution in [0.5, 0.6) is 0 Å². The standard InChI is InChI=1S/C10H18N4O2/c1-8(9-12-6-7-13-9)11-4-2-3-5-14-10(15)16/h6-8,11,14H,2-5H2,1H3,(H,12,13)(H,15,16). The van der Waals surface area contributed by atoms with E-state index in [1.807, 2.05) is 6.92 Å². The van der Waals surface area contributed by atoms with E-state index in [1.54, 1.807) is 12.4 Å². The Kier molecular flexibility index (Phi) is 5.35. The Morgan fingerprint density at radius 2 is 2.31 bits per heavy atom. The van der Waals surface area contributed by atoms with E-state index < -0.39 is 6.09 Å². The fourth-order valence-electron chi connectivity index (χ4n) is 1.37. The van der Waals surface area contributed by atoms with Crippen molar-refractivity contribution in [1.29, 1.82) is 0 Å². The topological polar surface area (TPSA) is 90.0 Å². The number of aromatic amines is 1. The van der Waals surface area contributed by atoms with E-state index in [4.69, 9.17) is 5.11 Å². The van der Waals surface area contributed by atoms with Gasteiger partial charge in [0, 0.05) is 18.9 Å². The summed E-state index contributed by atoms with van der Waals surface area (Å²) >= 11 is 0. The molecule has 0 aliphatic heterocycles. The lowest BCUT2D eigenvalue weighted by atomic mass is 10.2. The molecular formula is C10H18N4O2. The molecule has 0 spiro atoms. The van der Waals surface area contributed by atoms with E-state index in [-0.39, 0.29) is 6.04 Å². The third kappa shape index (κ3) is 4.79. The molecular weight excluding hydrogens is 208 g/mol. The first-order valence-corrected chi connectivity index (χ1v) is 5.39. The van der Waals surface area contributed by atoms with Crippen LogP contribution >= 0.6 is 0 Å². The van der Waals surface area contributed by atoms with Gasteiger partial charge in [-0.1, -0.05) is 0 Å². The van der Waals surface area contributed by atoms with Crippen LogP contribution in [-0.4, -0.2) is 34.3 Å². The van der Waals surface area contributed by atoms with Crippen molar-refractivity contribution in [3.05, 3.63) is 18.2 Å². The Labute approximate surface area is 94.5 Å². The van der Waals surface area contributed by atoms with Crippen LogP contribution in [-0.2, 0) is 0 Å². The van der Waals surface area contributed by atoms with Crippen molar-refractivity contribution in [1.82, 2.24) is 20.6 Å². The number of amides is 1. The number of nitrogens with one attached hydrogen (secondary N) is 3. The van der Waals surface area contributed by atoms with Crippen LogP contribution in [0.25, 0.3) is 0 Å². The van der Waals surface area contributed by atoms with Gasteiger partial charge in [-0.3, -0.25) is 0 Å². The molecule has 0 saturated carbocycles. The number of carboxylic acid groups (broad SMARTS) is 1. The highest BCUT2D eigenvalue weighted by Gasteiger charge is 2.05. The van der Waals surface area contributed by atoms with Crippen LogP contribution in [0.3, 0.4) is 0 Å². The van der Waals surface area contributed by atoms with E-state index in [0.29, 0.717) is 6.54 Å². The number of imidazole rings is 1. The molecule has 0 fully saturated rings. The van der Waals surface area contributed by atoms with E-state index in [1.165, 1.54) is 0 Å². The van der Waals surface area contributed by atoms with Gasteiger partial charge in [-0.05, 0) is 26.3 Å². The zero-order valence-electron chi connectivity index (χ0n) is 9.36. The molecule has 1 aromatic rings. The van der Waals surface area contributed by atoms with Gasteiger partial charge in [0.25, 0.3) is 0 Å². The lowest BCUT2D eigenvalue weighted by Gasteiger charge is -2.10. The van der Waals surface area contributed by atoms with Crippen molar-refractivity contribution < 1.29 is 9.90 Å². The average molecular weight is 226 g/mol. The summed E-state index contributed by atoms with van der Waals surface area (Å²) in [6, 6.07) is 0.197. The summed E-state index contributed by atoms with van der Waals surface area (Å²) in [4.78, 5) is 17.3. The zero-order chi connectivity index (χ0) is 11.8. The summed E-state index contributed by atoms with van der Waals surface area (Å²) in [7, 11) is 0. The minimum atomic E-state index is -0.961. The van der Waals surface area contributed by atoms with Gasteiger partial charge < -0.3 is 20.7 Å². The zero-order valence-corrected chi connectivity index (χ0v) is 9.36. The fourth-order valence-corrected chi connectivity index (χ4v) is 1.37. The SMILES string of the molecule is CC(NCCCCNC(=O)O)c1ncc[nH]1. The molecule has 6 nitrogen and oxygen atoms in total. The summed E-state index contributed by atoms with van der Waals surface area (Å²) < 4.78 is 0. The average Bonchev–Trinajstić information content (AvgIpc) is 2.75. The normalized spacial score (nSPS) is 12.3. The summed E-state index contributed by atoms with van der Waals surface area (Å²) in [5.74, 6) is 0.920. The highest BCUT2D eigenvalue weighted by Crippen LogP contribution is 2.04. The molecule has 1 heterocycles. The highest BCUT2D eigenvalue weighted by atomic mass is 16.4. The molecule has 4 N–H and O–H groups in total. The van der Waals surface area contributed by atoms with E-state index in [0.717, 1.165) is 25.2 Å². The first-order chi connectivity index (χ1) is 7.70. The molecule has 0 aromatic carbocycles. The van der Waals surface area contributed by atoms with Crippen LogP contribution < -0.4 is 10.6 Å². The molecule has 0 radical (unpaired) electrons. The number of rotatable bonds is 7. The van der Waals surface area contributed by atoms with Crippen LogP contribution in [0.1, 0.15) is 31.6 Å². The number of hydrogen-bond acceptors (Lipinski definition) is 3. The van der Waals surface area contributed by atoms with Crippen molar-refractivity contribution in [2.24, 2.45) is 0 Å². The van der Waals surface area contributed by atoms with Crippen molar-refractivity contribution in [2.75, 3.05) is 13.1 Å². The molecule has 0 aliphatic carbocycles. The monoisotopic (exact) mass is 226 g/mol. The number of unbranched alkanes of at least 4 members (excludes halogenated alkanes) is 1. The minimum absolute atomic E-state index is 0.197. The molecule has 90 valence electrons. The van der Waals surface area contributed by atoms with Gasteiger partial charge in [0.1, 0.15) is 5.82 Å². The Morgan fingerprint density at radius 3 is 2.94 bits per heavy atom. The number of nitrogens with zero attached hydrogens (tertiary/aromatic N) is 1. The molecule has 1 atom stereocenters. The lowest BCUT2D eigenvalue weighted by molar-refractivity contribution is 0.194. The highest BCUT2D eigenvalue weighted by molar-refractivity contribution is 5.64. The summed E-state index contributed by atoms with van der Waals surface area (Å²) in [5, 5.41) is 14.0. The summed E-state index contributed by atoms with van der Waals surface area (Å²) in [6.07, 6.45) is 4.33. The Balaban J connectivity index is 2.01. The predicted octanol–water partition coefficient (Wildman–Crippen LogP) is 1.11. The van der Waals surface area contributed by atoms with Gasteiger partial charge in [0.05, 0.1) is 6.04 Å². The maximum absolute atomic E-state index is 10.2. The molecule has 16 heavy (non-hydrogen) atoms. The number of carbonyl (C=O) groups is 1. The fraction of sp³-hybridized carbons (Fsp3) is 0.600. The van der Waals surface area contributed by atoms with Crippen LogP contribution in [0.2, 0.25) is 0 Å². The van der Waals surface area contributed by atoms with Gasteiger partial charge in [-0.25, -0.2) is 9.78 Å². The third-order valence-corrected chi connectivity index (χ3v) is 2.26. The Hall–Kier alpha value is -1.56. The van der Waals surface area contributed by atoms with Gasteiger partial charge >= 0.3 is 6.09 Å². The van der Waals surface area contributed by atoms with E-state index >= 15 is 0 Å². The van der Waals surface area contributed by atoms with Gasteiger partial charge in [-0.2, -0.15) is 0 Å². The Morgan fingerprint density at radius 1 is 1.56 bits per heavy atom. The largest absolute Gasteiger partial charge is 0.465 e. The second-order valence-electron chi connectivity index (χ2n) is 3.59. The minimum Gasteiger partial charge on any atom is -0.465 e. The van der Waals surface area contributed by atoms with Crippen molar-refractivity contribution in [3.8, 4) is 0 Å². The molecule has 6 heteroatoms. The predicted molar refractivity (Wildman–Crippen MR) is 60.3 cm³/mol. The summed E-state index contributed by atoms with van der Waals surface area (Å²) in [6.45, 7) is 3.39. The molecule has 1 unspecified atom stereocenters. The number of aromatic nitrogens is 2. The van der Waals surface area contributed by atoms with Crippen molar-refractivity contribution in [2.45, 2.75) is 25.8 Å². The first-order valence-electron chi connectivity index (χ1n) is 5.39. The molecule has 1 aromatic heterocycles. The van der Waals surface area contributed by atoms with Crippen LogP contribution in [0, 0.1) is 0 Å². The van der Waals surface area contributed by atoms with Crippen molar-refractivity contribution in [3.63, 3.8) is 0 Å². The Bertz CT molecular complexity index is 300. The van der Waals surface area contributed by atoms with E-state index in [9.17, 15) is 4.79 Å². The van der Waals surface area contributed by atoms with E-state index in [2.05, 4.69) is 20.6 Å².